The SMILES string of the molecule is COc1ccc(C=C(C#N)C(=O)OCC(=O)NCc2ccccc2Cl)cc1. The van der Waals surface area contributed by atoms with Crippen molar-refractivity contribution >= 4 is 29.6 Å². The molecule has 138 valence electrons. The van der Waals surface area contributed by atoms with E-state index in [1.165, 1.54) is 6.08 Å². The van der Waals surface area contributed by atoms with E-state index in [0.717, 1.165) is 5.56 Å². The number of benzene rings is 2. The molecule has 0 aliphatic heterocycles. The molecule has 2 rings (SSSR count). The van der Waals surface area contributed by atoms with Crippen molar-refractivity contribution in [1.29, 1.82) is 5.26 Å². The summed E-state index contributed by atoms with van der Waals surface area (Å²) < 4.78 is 9.94. The predicted octanol–water partition coefficient (Wildman–Crippen LogP) is 3.12. The zero-order valence-corrected chi connectivity index (χ0v) is 15.3. The van der Waals surface area contributed by atoms with E-state index >= 15 is 0 Å². The van der Waals surface area contributed by atoms with Crippen molar-refractivity contribution < 1.29 is 19.1 Å². The number of methoxy groups -OCH3 is 1. The Labute approximate surface area is 162 Å². The van der Waals surface area contributed by atoms with Crippen LogP contribution in [0.5, 0.6) is 5.75 Å². The summed E-state index contributed by atoms with van der Waals surface area (Å²) in [5, 5.41) is 12.3. The van der Waals surface area contributed by atoms with Crippen molar-refractivity contribution in [3.05, 3.63) is 70.3 Å². The molecular formula is C20H17ClN2O4. The number of amides is 1. The van der Waals surface area contributed by atoms with Crippen LogP contribution in [0, 0.1) is 11.3 Å². The van der Waals surface area contributed by atoms with E-state index in [9.17, 15) is 9.59 Å². The zero-order valence-electron chi connectivity index (χ0n) is 14.6. The number of nitriles is 1. The maximum absolute atomic E-state index is 12.0. The average molecular weight is 385 g/mol. The van der Waals surface area contributed by atoms with Crippen LogP contribution in [0.25, 0.3) is 6.08 Å². The molecule has 0 saturated carbocycles. The van der Waals surface area contributed by atoms with Gasteiger partial charge in [-0.2, -0.15) is 5.26 Å². The van der Waals surface area contributed by atoms with Gasteiger partial charge in [0, 0.05) is 11.6 Å². The largest absolute Gasteiger partial charge is 0.497 e. The highest BCUT2D eigenvalue weighted by atomic mass is 35.5. The highest BCUT2D eigenvalue weighted by Crippen LogP contribution is 2.15. The van der Waals surface area contributed by atoms with Crippen molar-refractivity contribution in [2.75, 3.05) is 13.7 Å². The third kappa shape index (κ3) is 6.17. The van der Waals surface area contributed by atoms with Crippen LogP contribution in [-0.2, 0) is 20.9 Å². The summed E-state index contributed by atoms with van der Waals surface area (Å²) in [7, 11) is 1.54. The lowest BCUT2D eigenvalue weighted by Crippen LogP contribution is -2.28. The Bertz CT molecular complexity index is 886. The van der Waals surface area contributed by atoms with Crippen molar-refractivity contribution in [3.8, 4) is 11.8 Å². The molecule has 7 heteroatoms. The molecular weight excluding hydrogens is 368 g/mol. The lowest BCUT2D eigenvalue weighted by atomic mass is 10.1. The molecule has 0 heterocycles. The minimum Gasteiger partial charge on any atom is -0.497 e. The lowest BCUT2D eigenvalue weighted by Gasteiger charge is -2.07. The Morgan fingerprint density at radius 1 is 1.19 bits per heavy atom. The van der Waals surface area contributed by atoms with E-state index in [4.69, 9.17) is 26.3 Å². The number of hydrogen-bond acceptors (Lipinski definition) is 5. The summed E-state index contributed by atoms with van der Waals surface area (Å²) in [6, 6.07) is 15.6. The summed E-state index contributed by atoms with van der Waals surface area (Å²) in [6.07, 6.45) is 1.38. The van der Waals surface area contributed by atoms with Crippen molar-refractivity contribution in [2.45, 2.75) is 6.54 Å². The van der Waals surface area contributed by atoms with E-state index < -0.39 is 18.5 Å². The van der Waals surface area contributed by atoms with Gasteiger partial charge >= 0.3 is 5.97 Å². The smallest absolute Gasteiger partial charge is 0.349 e. The Hall–Kier alpha value is -3.30. The minimum absolute atomic E-state index is 0.209. The number of carbonyl (C=O) groups is 2. The molecule has 2 aromatic carbocycles. The minimum atomic E-state index is -0.874. The second-order valence-electron chi connectivity index (χ2n) is 5.39. The molecule has 0 unspecified atom stereocenters. The van der Waals surface area contributed by atoms with Crippen molar-refractivity contribution in [3.63, 3.8) is 0 Å². The molecule has 0 bridgehead atoms. The predicted molar refractivity (Wildman–Crippen MR) is 101 cm³/mol. The second kappa shape index (κ2) is 10.00. The molecule has 2 aromatic rings. The van der Waals surface area contributed by atoms with Gasteiger partial charge in [0.15, 0.2) is 6.61 Å². The number of ether oxygens (including phenoxy) is 2. The molecule has 27 heavy (non-hydrogen) atoms. The number of halogens is 1. The summed E-state index contributed by atoms with van der Waals surface area (Å²) in [5.74, 6) is -0.713. The van der Waals surface area contributed by atoms with Crippen LogP contribution in [0.2, 0.25) is 5.02 Å². The van der Waals surface area contributed by atoms with E-state index in [1.807, 2.05) is 0 Å². The van der Waals surface area contributed by atoms with E-state index in [-0.39, 0.29) is 12.1 Å². The summed E-state index contributed by atoms with van der Waals surface area (Å²) in [5.41, 5.74) is 1.17. The van der Waals surface area contributed by atoms with Gasteiger partial charge in [-0.15, -0.1) is 0 Å². The third-order valence-electron chi connectivity index (χ3n) is 3.54. The standard InChI is InChI=1S/C20H17ClN2O4/c1-26-17-8-6-14(7-9-17)10-16(11-22)20(25)27-13-19(24)23-12-15-4-2-3-5-18(15)21/h2-10H,12-13H2,1H3,(H,23,24). The molecule has 0 aliphatic carbocycles. The number of nitrogens with zero attached hydrogens (tertiary/aromatic N) is 1. The second-order valence-corrected chi connectivity index (χ2v) is 5.79. The first-order valence-electron chi connectivity index (χ1n) is 7.96. The molecule has 0 spiro atoms. The van der Waals surface area contributed by atoms with Crippen LogP contribution in [0.1, 0.15) is 11.1 Å². The van der Waals surface area contributed by atoms with Crippen LogP contribution in [0.4, 0.5) is 0 Å². The summed E-state index contributed by atoms with van der Waals surface area (Å²) >= 11 is 6.00. The van der Waals surface area contributed by atoms with Crippen molar-refractivity contribution in [1.82, 2.24) is 5.32 Å². The van der Waals surface area contributed by atoms with Crippen molar-refractivity contribution in [2.24, 2.45) is 0 Å². The van der Waals surface area contributed by atoms with Gasteiger partial charge in [0.05, 0.1) is 7.11 Å². The molecule has 6 nitrogen and oxygen atoms in total. The van der Waals surface area contributed by atoms with E-state index in [0.29, 0.717) is 16.3 Å². The number of carbonyl (C=O) groups excluding carboxylic acids is 2. The summed E-state index contributed by atoms with van der Waals surface area (Å²) in [4.78, 5) is 23.8. The molecule has 0 aromatic heterocycles. The molecule has 1 amide bonds. The molecule has 0 saturated heterocycles. The number of nitrogens with one attached hydrogen (secondary N) is 1. The van der Waals surface area contributed by atoms with Crippen LogP contribution in [0.3, 0.4) is 0 Å². The topological polar surface area (TPSA) is 88.4 Å². The number of esters is 1. The third-order valence-corrected chi connectivity index (χ3v) is 3.90. The van der Waals surface area contributed by atoms with Gasteiger partial charge in [-0.25, -0.2) is 4.79 Å². The zero-order chi connectivity index (χ0) is 19.6. The summed E-state index contributed by atoms with van der Waals surface area (Å²) in [6.45, 7) is -0.284. The first-order chi connectivity index (χ1) is 13.0. The van der Waals surface area contributed by atoms with Crippen LogP contribution >= 0.6 is 11.6 Å². The molecule has 0 fully saturated rings. The molecule has 0 aliphatic rings. The fourth-order valence-corrected chi connectivity index (χ4v) is 2.30. The Balaban J connectivity index is 1.88. The highest BCUT2D eigenvalue weighted by Gasteiger charge is 2.13. The van der Waals surface area contributed by atoms with E-state index in [2.05, 4.69) is 5.32 Å². The van der Waals surface area contributed by atoms with E-state index in [1.54, 1.807) is 61.7 Å². The Morgan fingerprint density at radius 3 is 2.52 bits per heavy atom. The van der Waals surface area contributed by atoms with Gasteiger partial charge < -0.3 is 14.8 Å². The number of hydrogen-bond donors (Lipinski definition) is 1. The number of rotatable bonds is 7. The fraction of sp³-hybridized carbons (Fsp3) is 0.150. The Kier molecular flexibility index (Phi) is 7.41. The first kappa shape index (κ1) is 20.0. The van der Waals surface area contributed by atoms with Gasteiger partial charge in [-0.3, -0.25) is 4.79 Å². The monoisotopic (exact) mass is 384 g/mol. The molecule has 0 radical (unpaired) electrons. The lowest BCUT2D eigenvalue weighted by molar-refractivity contribution is -0.144. The Morgan fingerprint density at radius 2 is 1.89 bits per heavy atom. The molecule has 1 N–H and O–H groups in total. The highest BCUT2D eigenvalue weighted by molar-refractivity contribution is 6.31. The normalized spacial score (nSPS) is 10.6. The van der Waals surface area contributed by atoms with Gasteiger partial charge in [0.25, 0.3) is 5.91 Å². The van der Waals surface area contributed by atoms with Gasteiger partial charge in [0.2, 0.25) is 0 Å². The van der Waals surface area contributed by atoms with Crippen LogP contribution < -0.4 is 10.1 Å². The van der Waals surface area contributed by atoms with Crippen LogP contribution in [0.15, 0.2) is 54.1 Å². The average Bonchev–Trinajstić information content (AvgIpc) is 2.70. The first-order valence-corrected chi connectivity index (χ1v) is 8.34. The van der Waals surface area contributed by atoms with Gasteiger partial charge in [-0.05, 0) is 35.4 Å². The van der Waals surface area contributed by atoms with Crippen LogP contribution in [-0.4, -0.2) is 25.6 Å². The van der Waals surface area contributed by atoms with Gasteiger partial charge in [-0.1, -0.05) is 41.9 Å². The molecule has 0 atom stereocenters. The van der Waals surface area contributed by atoms with Gasteiger partial charge in [0.1, 0.15) is 17.4 Å². The maximum atomic E-state index is 12.0. The fourth-order valence-electron chi connectivity index (χ4n) is 2.10. The quantitative estimate of drug-likeness (QED) is 0.450. The maximum Gasteiger partial charge on any atom is 0.349 e.